The van der Waals surface area contributed by atoms with Crippen LogP contribution in [0.2, 0.25) is 0 Å². The summed E-state index contributed by atoms with van der Waals surface area (Å²) < 4.78 is 11.6. The molecule has 0 radical (unpaired) electrons. The van der Waals surface area contributed by atoms with E-state index in [1.54, 1.807) is 42.6 Å². The van der Waals surface area contributed by atoms with Gasteiger partial charge in [0.15, 0.2) is 17.1 Å². The predicted octanol–water partition coefficient (Wildman–Crippen LogP) is 4.53. The molecule has 3 heterocycles. The van der Waals surface area contributed by atoms with E-state index in [-0.39, 0.29) is 28.4 Å². The Bertz CT molecular complexity index is 1590. The molecule has 1 amide bonds. The highest BCUT2D eigenvalue weighted by molar-refractivity contribution is 7.16. The molecule has 0 bridgehead atoms. The largest absolute Gasteiger partial charge is 0.461 e. The number of nitrogens with zero attached hydrogens (tertiary/aromatic N) is 3. The summed E-state index contributed by atoms with van der Waals surface area (Å²) in [6.07, 6.45) is 0. The molecule has 0 spiro atoms. The van der Waals surface area contributed by atoms with E-state index in [2.05, 4.69) is 15.6 Å². The molecule has 0 fully saturated rings. The Morgan fingerprint density at radius 1 is 1.09 bits per heavy atom. The van der Waals surface area contributed by atoms with Gasteiger partial charge in [-0.3, -0.25) is 9.59 Å². The fourth-order valence-corrected chi connectivity index (χ4v) is 4.46. The van der Waals surface area contributed by atoms with Gasteiger partial charge in [-0.15, -0.1) is 11.3 Å². The van der Waals surface area contributed by atoms with Crippen LogP contribution in [0.15, 0.2) is 81.4 Å². The van der Waals surface area contributed by atoms with Crippen LogP contribution >= 0.6 is 11.3 Å². The summed E-state index contributed by atoms with van der Waals surface area (Å²) in [4.78, 5) is 39.0. The fourth-order valence-electron chi connectivity index (χ4n) is 3.52. The first-order valence-electron chi connectivity index (χ1n) is 10.7. The number of amides is 1. The molecule has 9 nitrogen and oxygen atoms in total. The molecular formula is C25H18N4O5S. The lowest BCUT2D eigenvalue weighted by Gasteiger charge is -2.09. The molecule has 0 saturated carbocycles. The third-order valence-corrected chi connectivity index (χ3v) is 6.05. The SMILES string of the molecule is CCOC(=O)c1nn(-c2ccccc2)c(=O)c2c(NC(=O)c3cc(-c4ccccc4)on3)scc12. The predicted molar refractivity (Wildman–Crippen MR) is 131 cm³/mol. The quantitative estimate of drug-likeness (QED) is 0.351. The highest BCUT2D eigenvalue weighted by Crippen LogP contribution is 2.31. The van der Waals surface area contributed by atoms with E-state index in [0.717, 1.165) is 21.6 Å². The van der Waals surface area contributed by atoms with Crippen molar-refractivity contribution in [3.05, 3.63) is 93.9 Å². The first-order valence-corrected chi connectivity index (χ1v) is 11.6. The summed E-state index contributed by atoms with van der Waals surface area (Å²) in [6.45, 7) is 1.83. The van der Waals surface area contributed by atoms with E-state index >= 15 is 0 Å². The number of para-hydroxylation sites is 1. The van der Waals surface area contributed by atoms with E-state index in [0.29, 0.717) is 16.8 Å². The van der Waals surface area contributed by atoms with Crippen molar-refractivity contribution in [3.63, 3.8) is 0 Å². The van der Waals surface area contributed by atoms with Crippen LogP contribution < -0.4 is 10.9 Å². The number of rotatable bonds is 6. The molecular weight excluding hydrogens is 468 g/mol. The van der Waals surface area contributed by atoms with Gasteiger partial charge < -0.3 is 14.6 Å². The van der Waals surface area contributed by atoms with Crippen LogP contribution in [0.4, 0.5) is 5.00 Å². The molecule has 0 saturated heterocycles. The molecule has 5 rings (SSSR count). The highest BCUT2D eigenvalue weighted by Gasteiger charge is 2.24. The zero-order chi connectivity index (χ0) is 24.4. The van der Waals surface area contributed by atoms with E-state index in [4.69, 9.17) is 9.26 Å². The van der Waals surface area contributed by atoms with Crippen molar-refractivity contribution in [2.75, 3.05) is 11.9 Å². The number of anilines is 1. The lowest BCUT2D eigenvalue weighted by molar-refractivity contribution is 0.0520. The van der Waals surface area contributed by atoms with Gasteiger partial charge in [0.25, 0.3) is 11.5 Å². The van der Waals surface area contributed by atoms with Gasteiger partial charge in [-0.1, -0.05) is 53.7 Å². The number of esters is 1. The number of carbonyl (C=O) groups excluding carboxylic acids is 2. The van der Waals surface area contributed by atoms with Gasteiger partial charge in [0.1, 0.15) is 5.00 Å². The molecule has 3 aromatic heterocycles. The van der Waals surface area contributed by atoms with Gasteiger partial charge in [-0.2, -0.15) is 9.78 Å². The molecule has 0 atom stereocenters. The summed E-state index contributed by atoms with van der Waals surface area (Å²) >= 11 is 1.11. The topological polar surface area (TPSA) is 116 Å². The average Bonchev–Trinajstić information content (AvgIpc) is 3.54. The molecule has 0 aliphatic heterocycles. The van der Waals surface area contributed by atoms with Crippen molar-refractivity contribution >= 4 is 39.0 Å². The minimum Gasteiger partial charge on any atom is -0.461 e. The number of hydrogen-bond donors (Lipinski definition) is 1. The van der Waals surface area contributed by atoms with Crippen LogP contribution in [0.3, 0.4) is 0 Å². The minimum atomic E-state index is -0.665. The maximum atomic E-state index is 13.4. The molecule has 0 unspecified atom stereocenters. The van der Waals surface area contributed by atoms with Crippen LogP contribution in [0, 0.1) is 0 Å². The van der Waals surface area contributed by atoms with Crippen molar-refractivity contribution in [3.8, 4) is 17.0 Å². The normalized spacial score (nSPS) is 10.9. The van der Waals surface area contributed by atoms with Gasteiger partial charge in [0, 0.05) is 22.4 Å². The Morgan fingerprint density at radius 3 is 2.51 bits per heavy atom. The smallest absolute Gasteiger partial charge is 0.359 e. The van der Waals surface area contributed by atoms with Gasteiger partial charge >= 0.3 is 5.97 Å². The van der Waals surface area contributed by atoms with E-state index in [1.807, 2.05) is 30.3 Å². The Morgan fingerprint density at radius 2 is 1.80 bits per heavy atom. The van der Waals surface area contributed by atoms with Crippen molar-refractivity contribution in [2.45, 2.75) is 6.92 Å². The van der Waals surface area contributed by atoms with E-state index in [9.17, 15) is 14.4 Å². The molecule has 2 aromatic carbocycles. The Labute approximate surface area is 202 Å². The second kappa shape index (κ2) is 9.35. The molecule has 174 valence electrons. The van der Waals surface area contributed by atoms with Crippen molar-refractivity contribution < 1.29 is 18.8 Å². The third kappa shape index (κ3) is 4.22. The first kappa shape index (κ1) is 22.2. The monoisotopic (exact) mass is 486 g/mol. The maximum absolute atomic E-state index is 13.4. The highest BCUT2D eigenvalue weighted by atomic mass is 32.1. The number of hydrogen-bond acceptors (Lipinski definition) is 8. The average molecular weight is 487 g/mol. The first-order chi connectivity index (χ1) is 17.1. The van der Waals surface area contributed by atoms with Crippen LogP contribution in [0.25, 0.3) is 27.8 Å². The standard InChI is InChI=1S/C25H18N4O5S/c1-2-33-25(32)21-17-14-35-23(20(17)24(31)29(27-21)16-11-7-4-8-12-16)26-22(30)18-13-19(34-28-18)15-9-5-3-6-10-15/h3-14H,2H2,1H3,(H,26,30). The molecule has 35 heavy (non-hydrogen) atoms. The molecule has 5 aromatic rings. The van der Waals surface area contributed by atoms with Crippen LogP contribution in [-0.4, -0.2) is 33.4 Å². The van der Waals surface area contributed by atoms with Gasteiger partial charge in [-0.25, -0.2) is 4.79 Å². The number of carbonyl (C=O) groups is 2. The van der Waals surface area contributed by atoms with Crippen LogP contribution in [0.5, 0.6) is 0 Å². The fraction of sp³-hybridized carbons (Fsp3) is 0.0800. The van der Waals surface area contributed by atoms with Crippen molar-refractivity contribution in [2.24, 2.45) is 0 Å². The maximum Gasteiger partial charge on any atom is 0.359 e. The number of fused-ring (bicyclic) bond motifs is 1. The van der Waals surface area contributed by atoms with Crippen LogP contribution in [0.1, 0.15) is 27.9 Å². The second-order valence-electron chi connectivity index (χ2n) is 7.37. The van der Waals surface area contributed by atoms with E-state index in [1.165, 1.54) is 6.07 Å². The summed E-state index contributed by atoms with van der Waals surface area (Å²) in [7, 11) is 0. The van der Waals surface area contributed by atoms with Gasteiger partial charge in [-0.05, 0) is 19.1 Å². The number of nitrogens with one attached hydrogen (secondary N) is 1. The Balaban J connectivity index is 1.57. The zero-order valence-electron chi connectivity index (χ0n) is 18.4. The zero-order valence-corrected chi connectivity index (χ0v) is 19.2. The lowest BCUT2D eigenvalue weighted by Crippen LogP contribution is -2.25. The Hall–Kier alpha value is -4.57. The molecule has 10 heteroatoms. The lowest BCUT2D eigenvalue weighted by atomic mass is 10.1. The number of aromatic nitrogens is 3. The van der Waals surface area contributed by atoms with Crippen molar-refractivity contribution in [1.82, 2.24) is 14.9 Å². The van der Waals surface area contributed by atoms with Gasteiger partial charge in [0.2, 0.25) is 0 Å². The van der Waals surface area contributed by atoms with Crippen LogP contribution in [-0.2, 0) is 4.74 Å². The molecule has 1 N–H and O–H groups in total. The molecule has 0 aliphatic rings. The Kier molecular flexibility index (Phi) is 5.94. The summed E-state index contributed by atoms with van der Waals surface area (Å²) in [5, 5.41) is 13.2. The summed E-state index contributed by atoms with van der Waals surface area (Å²) in [5.41, 5.74) is 0.790. The molecule has 0 aliphatic carbocycles. The third-order valence-electron chi connectivity index (χ3n) is 5.15. The van der Waals surface area contributed by atoms with Crippen molar-refractivity contribution in [1.29, 1.82) is 0 Å². The van der Waals surface area contributed by atoms with Gasteiger partial charge in [0.05, 0.1) is 17.7 Å². The van der Waals surface area contributed by atoms with E-state index < -0.39 is 17.4 Å². The summed E-state index contributed by atoms with van der Waals surface area (Å²) in [5.74, 6) is -0.784. The number of ether oxygens (including phenoxy) is 1. The number of thiophene rings is 1. The minimum absolute atomic E-state index is 0.0187. The second-order valence-corrected chi connectivity index (χ2v) is 8.25. The summed E-state index contributed by atoms with van der Waals surface area (Å²) in [6, 6.07) is 19.5. The number of benzene rings is 2.